The van der Waals surface area contributed by atoms with Crippen LogP contribution in [0.5, 0.6) is 5.75 Å². The summed E-state index contributed by atoms with van der Waals surface area (Å²) in [5, 5.41) is 21.5. The highest BCUT2D eigenvalue weighted by Gasteiger charge is 2.71. The maximum Gasteiger partial charge on any atom is 0.327 e. The number of nitrogens with two attached hydrogens (primary N) is 1. The molecule has 4 atom stereocenters. The largest absolute Gasteiger partial charge is 0.508 e. The first-order valence-electron chi connectivity index (χ1n) is 8.10. The first kappa shape index (κ1) is 18.5. The van der Waals surface area contributed by atoms with Crippen LogP contribution in [0.15, 0.2) is 24.3 Å². The van der Waals surface area contributed by atoms with E-state index in [4.69, 9.17) is 5.73 Å². The highest BCUT2D eigenvalue weighted by molar-refractivity contribution is 8.02. The van der Waals surface area contributed by atoms with Crippen molar-refractivity contribution in [2.24, 2.45) is 5.73 Å². The number of carbonyl (C=O) groups is 3. The summed E-state index contributed by atoms with van der Waals surface area (Å²) in [7, 11) is 0. The number of nitrogens with zero attached hydrogens (tertiary/aromatic N) is 1. The van der Waals surface area contributed by atoms with E-state index in [1.54, 1.807) is 20.8 Å². The van der Waals surface area contributed by atoms with Gasteiger partial charge in [-0.2, -0.15) is 0 Å². The maximum absolute atomic E-state index is 12.6. The number of phenolic OH excluding ortho intramolecular Hbond substituents is 1. The van der Waals surface area contributed by atoms with Crippen LogP contribution >= 0.6 is 11.8 Å². The zero-order valence-corrected chi connectivity index (χ0v) is 15.4. The van der Waals surface area contributed by atoms with Gasteiger partial charge in [-0.25, -0.2) is 4.79 Å². The SMILES string of the molecule is CC1(C)SC2(C)C(NC(=O)C(N)c3ccc(O)cc3)C(=O)N2C1C(=O)O. The second-order valence-corrected chi connectivity index (χ2v) is 9.30. The molecular formula is C17H21N3O5S. The first-order valence-corrected chi connectivity index (χ1v) is 8.92. The van der Waals surface area contributed by atoms with Crippen molar-refractivity contribution >= 4 is 29.5 Å². The molecule has 0 aromatic heterocycles. The number of aliphatic carboxylic acids is 1. The molecule has 2 aliphatic heterocycles. The van der Waals surface area contributed by atoms with Crippen molar-refractivity contribution in [3.05, 3.63) is 29.8 Å². The number of carbonyl (C=O) groups excluding carboxylic acids is 2. The lowest BCUT2D eigenvalue weighted by molar-refractivity contribution is -0.167. The quantitative estimate of drug-likeness (QED) is 0.557. The summed E-state index contributed by atoms with van der Waals surface area (Å²) in [6.07, 6.45) is 0. The van der Waals surface area contributed by atoms with Gasteiger partial charge in [-0.05, 0) is 38.5 Å². The van der Waals surface area contributed by atoms with Gasteiger partial charge in [0, 0.05) is 4.75 Å². The number of benzene rings is 1. The summed E-state index contributed by atoms with van der Waals surface area (Å²) in [4.78, 5) is 37.1. The van der Waals surface area contributed by atoms with Gasteiger partial charge in [0.1, 0.15) is 28.7 Å². The maximum atomic E-state index is 12.6. The van der Waals surface area contributed by atoms with E-state index >= 15 is 0 Å². The van der Waals surface area contributed by atoms with Gasteiger partial charge in [0.05, 0.1) is 0 Å². The summed E-state index contributed by atoms with van der Waals surface area (Å²) in [5.41, 5.74) is 6.45. The molecule has 2 saturated heterocycles. The third kappa shape index (κ3) is 2.62. The number of aromatic hydroxyl groups is 1. The van der Waals surface area contributed by atoms with Crippen LogP contribution in [0.4, 0.5) is 0 Å². The van der Waals surface area contributed by atoms with Crippen molar-refractivity contribution in [2.75, 3.05) is 0 Å². The van der Waals surface area contributed by atoms with Crippen molar-refractivity contribution in [2.45, 2.75) is 48.5 Å². The molecule has 8 nitrogen and oxygen atoms in total. The van der Waals surface area contributed by atoms with E-state index in [2.05, 4.69) is 5.32 Å². The smallest absolute Gasteiger partial charge is 0.327 e. The fourth-order valence-electron chi connectivity index (χ4n) is 3.72. The predicted molar refractivity (Wildman–Crippen MR) is 95.3 cm³/mol. The van der Waals surface area contributed by atoms with Crippen molar-refractivity contribution in [1.82, 2.24) is 10.2 Å². The zero-order valence-electron chi connectivity index (χ0n) is 14.6. The Bertz CT molecular complexity index is 781. The number of phenols is 1. The Morgan fingerprint density at radius 2 is 1.85 bits per heavy atom. The Hall–Kier alpha value is -2.26. The molecule has 5 N–H and O–H groups in total. The Labute approximate surface area is 154 Å². The van der Waals surface area contributed by atoms with Crippen LogP contribution in [-0.4, -0.2) is 54.6 Å². The van der Waals surface area contributed by atoms with Crippen LogP contribution in [0.3, 0.4) is 0 Å². The van der Waals surface area contributed by atoms with Crippen molar-refractivity contribution in [3.63, 3.8) is 0 Å². The van der Waals surface area contributed by atoms with Gasteiger partial charge in [-0.1, -0.05) is 12.1 Å². The molecule has 2 heterocycles. The average molecular weight is 379 g/mol. The van der Waals surface area contributed by atoms with E-state index < -0.39 is 45.5 Å². The molecule has 2 fully saturated rings. The van der Waals surface area contributed by atoms with Gasteiger partial charge in [-0.15, -0.1) is 11.8 Å². The number of β-lactam (4-membered cyclic amide) rings is 1. The topological polar surface area (TPSA) is 133 Å². The highest BCUT2D eigenvalue weighted by atomic mass is 32.2. The van der Waals surface area contributed by atoms with Gasteiger partial charge in [0.25, 0.3) is 5.91 Å². The van der Waals surface area contributed by atoms with Gasteiger partial charge < -0.3 is 26.2 Å². The van der Waals surface area contributed by atoms with Crippen LogP contribution in [0.25, 0.3) is 0 Å². The molecule has 0 bridgehead atoms. The molecule has 4 unspecified atom stereocenters. The minimum Gasteiger partial charge on any atom is -0.508 e. The lowest BCUT2D eigenvalue weighted by Gasteiger charge is -2.51. The first-order chi connectivity index (χ1) is 12.0. The summed E-state index contributed by atoms with van der Waals surface area (Å²) in [6.45, 7) is 5.30. The van der Waals surface area contributed by atoms with Gasteiger partial charge >= 0.3 is 5.97 Å². The van der Waals surface area contributed by atoms with Gasteiger partial charge in [0.2, 0.25) is 5.91 Å². The molecule has 1 aromatic rings. The van der Waals surface area contributed by atoms with Gasteiger partial charge in [0.15, 0.2) is 0 Å². The summed E-state index contributed by atoms with van der Waals surface area (Å²) in [6, 6.07) is 3.11. The Morgan fingerprint density at radius 3 is 2.38 bits per heavy atom. The summed E-state index contributed by atoms with van der Waals surface area (Å²) >= 11 is 1.36. The minimum absolute atomic E-state index is 0.0583. The van der Waals surface area contributed by atoms with Crippen molar-refractivity contribution < 1.29 is 24.6 Å². The molecule has 0 radical (unpaired) electrons. The molecule has 140 valence electrons. The fraction of sp³-hybridized carbons (Fsp3) is 0.471. The van der Waals surface area contributed by atoms with Gasteiger partial charge in [-0.3, -0.25) is 9.59 Å². The van der Waals surface area contributed by atoms with Crippen LogP contribution < -0.4 is 11.1 Å². The molecule has 1 aromatic carbocycles. The average Bonchev–Trinajstić information content (AvgIpc) is 2.75. The van der Waals surface area contributed by atoms with Crippen LogP contribution in [0.2, 0.25) is 0 Å². The fourth-order valence-corrected chi connectivity index (χ4v) is 5.67. The summed E-state index contributed by atoms with van der Waals surface area (Å²) in [5.74, 6) is -1.97. The lowest BCUT2D eigenvalue weighted by Crippen LogP contribution is -2.77. The third-order valence-electron chi connectivity index (χ3n) is 4.94. The van der Waals surface area contributed by atoms with E-state index in [0.717, 1.165) is 0 Å². The third-order valence-corrected chi connectivity index (χ3v) is 6.53. The summed E-state index contributed by atoms with van der Waals surface area (Å²) < 4.78 is -0.686. The predicted octanol–water partition coefficient (Wildman–Crippen LogP) is 0.414. The standard InChI is InChI=1S/C17H21N3O5S/c1-16(2)12(15(24)25)20-14(23)11(17(20,3)26-16)19-13(22)10(18)8-4-6-9(21)7-5-8/h4-7,10-12,21H,18H2,1-3H3,(H,19,22)(H,24,25). The minimum atomic E-state index is -1.06. The highest BCUT2D eigenvalue weighted by Crippen LogP contribution is 2.58. The van der Waals surface area contributed by atoms with Crippen LogP contribution in [-0.2, 0) is 14.4 Å². The number of carboxylic acid groups (broad SMARTS) is 1. The number of thioether (sulfide) groups is 1. The monoisotopic (exact) mass is 379 g/mol. The molecule has 2 aliphatic rings. The Kier molecular flexibility index (Phi) is 4.19. The number of carboxylic acids is 1. The zero-order chi connectivity index (χ0) is 19.4. The Balaban J connectivity index is 1.77. The normalized spacial score (nSPS) is 30.3. The second-order valence-electron chi connectivity index (χ2n) is 7.22. The van der Waals surface area contributed by atoms with Crippen molar-refractivity contribution in [3.8, 4) is 5.75 Å². The molecule has 3 rings (SSSR count). The second kappa shape index (κ2) is 5.88. The van der Waals surface area contributed by atoms with Crippen molar-refractivity contribution in [1.29, 1.82) is 0 Å². The molecule has 2 amide bonds. The van der Waals surface area contributed by atoms with E-state index in [1.165, 1.54) is 40.9 Å². The van der Waals surface area contributed by atoms with Crippen LogP contribution in [0.1, 0.15) is 32.4 Å². The van der Waals surface area contributed by atoms with Crippen LogP contribution in [0, 0.1) is 0 Å². The van der Waals surface area contributed by atoms with E-state index in [1.807, 2.05) is 0 Å². The molecule has 0 aliphatic carbocycles. The Morgan fingerprint density at radius 1 is 1.27 bits per heavy atom. The van der Waals surface area contributed by atoms with E-state index in [-0.39, 0.29) is 5.75 Å². The number of amides is 2. The van der Waals surface area contributed by atoms with E-state index in [9.17, 15) is 24.6 Å². The van der Waals surface area contributed by atoms with E-state index in [0.29, 0.717) is 5.56 Å². The number of hydrogen-bond donors (Lipinski definition) is 4. The number of nitrogens with one attached hydrogen (secondary N) is 1. The molecule has 26 heavy (non-hydrogen) atoms. The molecule has 0 saturated carbocycles. The number of rotatable bonds is 4. The number of fused-ring (bicyclic) bond motifs is 1. The molecule has 9 heteroatoms. The molecular weight excluding hydrogens is 358 g/mol. The number of hydrogen-bond acceptors (Lipinski definition) is 6. The lowest BCUT2D eigenvalue weighted by atomic mass is 9.89. The molecule has 0 spiro atoms.